The zero-order valence-electron chi connectivity index (χ0n) is 21.3. The maximum Gasteiger partial charge on any atom is 0.490 e. The van der Waals surface area contributed by atoms with Crippen molar-refractivity contribution in [2.45, 2.75) is 74.8 Å². The molecule has 4 rings (SSSR count). The molecule has 1 aromatic carbocycles. The minimum atomic E-state index is -5.08. The fourth-order valence-corrected chi connectivity index (χ4v) is 5.81. The molecule has 39 heavy (non-hydrogen) atoms. The molecule has 3 N–H and O–H groups in total. The van der Waals surface area contributed by atoms with Crippen LogP contribution in [0.3, 0.4) is 0 Å². The van der Waals surface area contributed by atoms with E-state index in [1.165, 1.54) is 37.1 Å². The Labute approximate surface area is 225 Å². The molecular formula is C26H32F3N3O6S. The quantitative estimate of drug-likeness (QED) is 0.405. The lowest BCUT2D eigenvalue weighted by Crippen LogP contribution is -2.27. The van der Waals surface area contributed by atoms with E-state index in [1.807, 2.05) is 17.0 Å². The van der Waals surface area contributed by atoms with Crippen LogP contribution in [-0.4, -0.2) is 54.8 Å². The van der Waals surface area contributed by atoms with Gasteiger partial charge < -0.3 is 15.1 Å². The molecular weight excluding hydrogens is 539 g/mol. The smallest absolute Gasteiger partial charge is 0.478 e. The Bertz CT molecular complexity index is 1240. The minimum Gasteiger partial charge on any atom is -0.478 e. The summed E-state index contributed by atoms with van der Waals surface area (Å²) in [5, 5.41) is 16.8. The molecule has 0 radical (unpaired) electrons. The molecule has 9 nitrogen and oxygen atoms in total. The third-order valence-corrected chi connectivity index (χ3v) is 8.16. The number of aromatic nitrogens is 1. The maximum absolute atomic E-state index is 12.9. The van der Waals surface area contributed by atoms with Gasteiger partial charge in [-0.05, 0) is 55.4 Å². The number of aromatic carboxylic acids is 1. The SMILES string of the molecule is O=C(O)C(F)(F)F.O=C(O)c1cc(NS(=O)(=O)c2ccc(C3CCCCC3)cc2)cnc1N1CCCCCC1. The molecule has 2 aliphatic rings. The number of anilines is 2. The van der Waals surface area contributed by atoms with Crippen molar-refractivity contribution in [1.82, 2.24) is 4.98 Å². The second kappa shape index (κ2) is 13.1. The Balaban J connectivity index is 0.000000532. The minimum absolute atomic E-state index is 0.0137. The molecule has 0 amide bonds. The van der Waals surface area contributed by atoms with Crippen LogP contribution < -0.4 is 9.62 Å². The number of carboxylic acid groups (broad SMARTS) is 2. The standard InChI is InChI=1S/C24H31N3O4S.C2HF3O2/c28-24(29)22-16-20(17-25-23(22)27-14-6-1-2-7-15-27)26-32(30,31)21-12-10-19(11-13-21)18-8-4-3-5-9-18;3-2(4,5)1(6)7/h10-13,16-18,26H,1-9,14-15H2,(H,28,29);(H,6,7). The third kappa shape index (κ3) is 8.57. The number of hydrogen-bond acceptors (Lipinski definition) is 6. The predicted octanol–water partition coefficient (Wildman–Crippen LogP) is 5.64. The van der Waals surface area contributed by atoms with Crippen LogP contribution in [0.1, 0.15) is 79.6 Å². The van der Waals surface area contributed by atoms with Crippen LogP contribution in [0.4, 0.5) is 24.7 Å². The first-order valence-corrected chi connectivity index (χ1v) is 14.3. The van der Waals surface area contributed by atoms with Crippen LogP contribution in [0.25, 0.3) is 0 Å². The number of halogens is 3. The van der Waals surface area contributed by atoms with Crippen LogP contribution in [0.5, 0.6) is 0 Å². The van der Waals surface area contributed by atoms with E-state index < -0.39 is 28.1 Å². The van der Waals surface area contributed by atoms with E-state index in [9.17, 15) is 31.5 Å². The van der Waals surface area contributed by atoms with Crippen LogP contribution in [0.2, 0.25) is 0 Å². The number of carboxylic acids is 2. The van der Waals surface area contributed by atoms with E-state index in [4.69, 9.17) is 9.90 Å². The van der Waals surface area contributed by atoms with Gasteiger partial charge in [-0.15, -0.1) is 0 Å². The van der Waals surface area contributed by atoms with Crippen molar-refractivity contribution in [3.8, 4) is 0 Å². The van der Waals surface area contributed by atoms with Crippen molar-refractivity contribution in [1.29, 1.82) is 0 Å². The number of sulfonamides is 1. The second-order valence-electron chi connectivity index (χ2n) is 9.61. The Kier molecular flexibility index (Phi) is 10.2. The Morgan fingerprint density at radius 2 is 1.46 bits per heavy atom. The lowest BCUT2D eigenvalue weighted by molar-refractivity contribution is -0.192. The van der Waals surface area contributed by atoms with Crippen molar-refractivity contribution < 1.29 is 41.4 Å². The van der Waals surface area contributed by atoms with Gasteiger partial charge >= 0.3 is 18.1 Å². The topological polar surface area (TPSA) is 137 Å². The summed E-state index contributed by atoms with van der Waals surface area (Å²) >= 11 is 0. The Morgan fingerprint density at radius 3 is 1.97 bits per heavy atom. The molecule has 1 aliphatic heterocycles. The van der Waals surface area contributed by atoms with Gasteiger partial charge in [-0.25, -0.2) is 23.0 Å². The first-order chi connectivity index (χ1) is 18.4. The average Bonchev–Trinajstić information content (AvgIpc) is 3.18. The third-order valence-electron chi connectivity index (χ3n) is 6.76. The molecule has 214 valence electrons. The van der Waals surface area contributed by atoms with Crippen molar-refractivity contribution in [3.05, 3.63) is 47.7 Å². The highest BCUT2D eigenvalue weighted by atomic mass is 32.2. The monoisotopic (exact) mass is 571 g/mol. The molecule has 1 saturated heterocycles. The van der Waals surface area contributed by atoms with Crippen LogP contribution in [-0.2, 0) is 14.8 Å². The predicted molar refractivity (Wildman–Crippen MR) is 139 cm³/mol. The van der Waals surface area contributed by atoms with Gasteiger partial charge in [0, 0.05) is 13.1 Å². The van der Waals surface area contributed by atoms with Crippen molar-refractivity contribution in [2.75, 3.05) is 22.7 Å². The lowest BCUT2D eigenvalue weighted by Gasteiger charge is -2.23. The molecule has 0 bridgehead atoms. The molecule has 2 heterocycles. The summed E-state index contributed by atoms with van der Waals surface area (Å²) in [6.45, 7) is 1.51. The first kappa shape index (κ1) is 30.2. The highest BCUT2D eigenvalue weighted by molar-refractivity contribution is 7.92. The van der Waals surface area contributed by atoms with Gasteiger partial charge in [-0.1, -0.05) is 44.2 Å². The summed E-state index contributed by atoms with van der Waals surface area (Å²) in [5.74, 6) is -2.97. The number of benzene rings is 1. The van der Waals surface area contributed by atoms with E-state index in [0.717, 1.165) is 51.6 Å². The molecule has 2 aromatic rings. The summed E-state index contributed by atoms with van der Waals surface area (Å²) in [6.07, 6.45) is 6.56. The molecule has 0 unspecified atom stereocenters. The number of nitrogens with one attached hydrogen (secondary N) is 1. The lowest BCUT2D eigenvalue weighted by atomic mass is 9.84. The van der Waals surface area contributed by atoms with Crippen LogP contribution in [0.15, 0.2) is 41.4 Å². The maximum atomic E-state index is 12.9. The van der Waals surface area contributed by atoms with Gasteiger partial charge in [0.25, 0.3) is 10.0 Å². The number of carbonyl (C=O) groups is 2. The zero-order chi connectivity index (χ0) is 28.6. The van der Waals surface area contributed by atoms with Crippen LogP contribution >= 0.6 is 0 Å². The van der Waals surface area contributed by atoms with Crippen molar-refractivity contribution in [3.63, 3.8) is 0 Å². The molecule has 0 atom stereocenters. The molecule has 1 aromatic heterocycles. The van der Waals surface area contributed by atoms with E-state index in [1.54, 1.807) is 12.1 Å². The normalized spacial score (nSPS) is 16.9. The Hall–Kier alpha value is -3.35. The first-order valence-electron chi connectivity index (χ1n) is 12.8. The number of pyridine rings is 1. The molecule has 1 saturated carbocycles. The molecule has 1 aliphatic carbocycles. The van der Waals surface area contributed by atoms with Gasteiger partial charge in [0.15, 0.2) is 0 Å². The van der Waals surface area contributed by atoms with E-state index in [2.05, 4.69) is 9.71 Å². The van der Waals surface area contributed by atoms with E-state index >= 15 is 0 Å². The molecule has 2 fully saturated rings. The number of alkyl halides is 3. The summed E-state index contributed by atoms with van der Waals surface area (Å²) in [7, 11) is -3.84. The summed E-state index contributed by atoms with van der Waals surface area (Å²) in [6, 6.07) is 8.41. The van der Waals surface area contributed by atoms with Gasteiger partial charge in [0.2, 0.25) is 0 Å². The fraction of sp³-hybridized carbons (Fsp3) is 0.500. The highest BCUT2D eigenvalue weighted by Gasteiger charge is 2.38. The van der Waals surface area contributed by atoms with Crippen molar-refractivity contribution in [2.24, 2.45) is 0 Å². The second-order valence-corrected chi connectivity index (χ2v) is 11.3. The largest absolute Gasteiger partial charge is 0.490 e. The highest BCUT2D eigenvalue weighted by Crippen LogP contribution is 2.33. The number of nitrogens with zero attached hydrogens (tertiary/aromatic N) is 2. The summed E-state index contributed by atoms with van der Waals surface area (Å²) < 4.78 is 60.0. The summed E-state index contributed by atoms with van der Waals surface area (Å²) in [4.78, 5) is 27.3. The molecule has 0 spiro atoms. The summed E-state index contributed by atoms with van der Waals surface area (Å²) in [5.41, 5.74) is 1.34. The fourth-order valence-electron chi connectivity index (χ4n) is 4.77. The number of hydrogen-bond donors (Lipinski definition) is 3. The zero-order valence-corrected chi connectivity index (χ0v) is 22.1. The Morgan fingerprint density at radius 1 is 0.923 bits per heavy atom. The van der Waals surface area contributed by atoms with E-state index in [-0.39, 0.29) is 16.1 Å². The van der Waals surface area contributed by atoms with Gasteiger partial charge in [-0.2, -0.15) is 13.2 Å². The molecule has 13 heteroatoms. The van der Waals surface area contributed by atoms with Crippen LogP contribution in [0, 0.1) is 0 Å². The van der Waals surface area contributed by atoms with E-state index in [0.29, 0.717) is 11.7 Å². The number of aliphatic carboxylic acids is 1. The van der Waals surface area contributed by atoms with Gasteiger partial charge in [0.05, 0.1) is 16.8 Å². The van der Waals surface area contributed by atoms with Gasteiger partial charge in [0.1, 0.15) is 11.4 Å². The number of rotatable bonds is 6. The van der Waals surface area contributed by atoms with Crippen molar-refractivity contribution >= 4 is 33.5 Å². The van der Waals surface area contributed by atoms with Gasteiger partial charge in [-0.3, -0.25) is 4.72 Å². The average molecular weight is 572 g/mol.